The van der Waals surface area contributed by atoms with Crippen LogP contribution in [-0.2, 0) is 16.8 Å². The quantitative estimate of drug-likeness (QED) is 0.655. The van der Waals surface area contributed by atoms with Crippen LogP contribution in [0.2, 0.25) is 0 Å². The number of rotatable bonds is 7. The zero-order valence-electron chi connectivity index (χ0n) is 16.5. The minimum Gasteiger partial charge on any atom is -0.435 e. The lowest BCUT2D eigenvalue weighted by molar-refractivity contribution is -0.135. The van der Waals surface area contributed by atoms with E-state index in [4.69, 9.17) is 5.73 Å². The van der Waals surface area contributed by atoms with Gasteiger partial charge in [0.05, 0.1) is 0 Å². The number of amides is 1. The Kier molecular flexibility index (Phi) is 6.19. The van der Waals surface area contributed by atoms with Crippen molar-refractivity contribution in [3.8, 4) is 5.75 Å². The number of hydrogen-bond donors (Lipinski definition) is 1. The third-order valence-electron chi connectivity index (χ3n) is 5.01. The number of halogens is 5. The molecule has 0 fully saturated rings. The van der Waals surface area contributed by atoms with Crippen LogP contribution >= 0.6 is 0 Å². The highest BCUT2D eigenvalue weighted by atomic mass is 19.4. The van der Waals surface area contributed by atoms with Gasteiger partial charge in [0.2, 0.25) is 0 Å². The second-order valence-corrected chi connectivity index (χ2v) is 7.12. The maximum atomic E-state index is 13.2. The summed E-state index contributed by atoms with van der Waals surface area (Å²) in [5.74, 6) is -0.606. The summed E-state index contributed by atoms with van der Waals surface area (Å²) in [6.07, 6.45) is -5.10. The van der Waals surface area contributed by atoms with Crippen LogP contribution in [0.3, 0.4) is 0 Å². The second-order valence-electron chi connectivity index (χ2n) is 7.12. The van der Waals surface area contributed by atoms with Gasteiger partial charge in [-0.3, -0.25) is 9.69 Å². The molecule has 0 unspecified atom stereocenters. The van der Waals surface area contributed by atoms with E-state index in [9.17, 15) is 26.7 Å². The van der Waals surface area contributed by atoms with Crippen molar-refractivity contribution in [1.29, 1.82) is 0 Å². The Morgan fingerprint density at radius 3 is 2.35 bits per heavy atom. The van der Waals surface area contributed by atoms with E-state index in [0.29, 0.717) is 16.7 Å². The predicted molar refractivity (Wildman–Crippen MR) is 104 cm³/mol. The molecule has 1 atom stereocenters. The maximum absolute atomic E-state index is 13.2. The van der Waals surface area contributed by atoms with Gasteiger partial charge in [-0.2, -0.15) is 22.0 Å². The molecular weight excluding hydrogens is 421 g/mol. The number of hydrogen-bond acceptors (Lipinski definition) is 4. The monoisotopic (exact) mass is 441 g/mol. The highest BCUT2D eigenvalue weighted by Crippen LogP contribution is 2.40. The van der Waals surface area contributed by atoms with Crippen molar-refractivity contribution in [2.45, 2.75) is 37.6 Å². The number of nitrogens with two attached hydrogens (primary N) is 1. The van der Waals surface area contributed by atoms with Gasteiger partial charge < -0.3 is 10.5 Å². The van der Waals surface area contributed by atoms with Gasteiger partial charge in [-0.15, -0.1) is 0 Å². The highest BCUT2D eigenvalue weighted by Gasteiger charge is 2.49. The van der Waals surface area contributed by atoms with E-state index in [1.165, 1.54) is 36.2 Å². The van der Waals surface area contributed by atoms with Gasteiger partial charge in [-0.25, -0.2) is 4.99 Å². The number of carbonyl (C=O) groups is 1. The first kappa shape index (κ1) is 22.5. The summed E-state index contributed by atoms with van der Waals surface area (Å²) in [7, 11) is 1.45. The number of benzene rings is 2. The molecule has 0 spiro atoms. The summed E-state index contributed by atoms with van der Waals surface area (Å²) in [5.41, 5.74) is 5.69. The lowest BCUT2D eigenvalue weighted by Crippen LogP contribution is -2.41. The van der Waals surface area contributed by atoms with Crippen LogP contribution in [-0.4, -0.2) is 36.6 Å². The van der Waals surface area contributed by atoms with Gasteiger partial charge in [0.15, 0.2) is 11.5 Å². The van der Waals surface area contributed by atoms with E-state index in [0.717, 1.165) is 0 Å². The van der Waals surface area contributed by atoms with Crippen LogP contribution in [0.1, 0.15) is 29.5 Å². The molecule has 2 N–H and O–H groups in total. The van der Waals surface area contributed by atoms with Crippen molar-refractivity contribution in [2.75, 3.05) is 7.05 Å². The lowest BCUT2D eigenvalue weighted by Gasteiger charge is -2.26. The van der Waals surface area contributed by atoms with E-state index in [1.54, 1.807) is 24.3 Å². The first-order valence-corrected chi connectivity index (χ1v) is 9.38. The summed E-state index contributed by atoms with van der Waals surface area (Å²) in [5, 5.41) is 0. The van der Waals surface area contributed by atoms with E-state index >= 15 is 0 Å². The number of nitrogens with zero attached hydrogens (tertiary/aromatic N) is 2. The molecule has 5 nitrogen and oxygen atoms in total. The minimum atomic E-state index is -4.25. The SMILES string of the molecule is CN1C(=O)[C@@](c2ccc(OC(F)F)cc2)(c2cccc(CCCC(F)(F)F)c2)N=C1N. The zero-order chi connectivity index (χ0) is 22.8. The van der Waals surface area contributed by atoms with Crippen LogP contribution in [0.15, 0.2) is 53.5 Å². The fourth-order valence-electron chi connectivity index (χ4n) is 3.51. The number of ether oxygens (including phenoxy) is 1. The average Bonchev–Trinajstić information content (AvgIpc) is 2.92. The van der Waals surface area contributed by atoms with Crippen molar-refractivity contribution < 1.29 is 31.5 Å². The van der Waals surface area contributed by atoms with E-state index in [1.807, 2.05) is 0 Å². The van der Waals surface area contributed by atoms with E-state index in [2.05, 4.69) is 9.73 Å². The number of carbonyl (C=O) groups excluding carboxylic acids is 1. The van der Waals surface area contributed by atoms with Crippen LogP contribution < -0.4 is 10.5 Å². The molecule has 0 bridgehead atoms. The van der Waals surface area contributed by atoms with Crippen molar-refractivity contribution in [3.63, 3.8) is 0 Å². The highest BCUT2D eigenvalue weighted by molar-refractivity contribution is 6.08. The molecule has 1 aliphatic heterocycles. The first-order chi connectivity index (χ1) is 14.5. The number of alkyl halides is 5. The van der Waals surface area contributed by atoms with Gasteiger partial charge in [-0.05, 0) is 41.7 Å². The van der Waals surface area contributed by atoms with Crippen LogP contribution in [0.25, 0.3) is 0 Å². The maximum Gasteiger partial charge on any atom is 0.389 e. The molecule has 0 aliphatic carbocycles. The largest absolute Gasteiger partial charge is 0.435 e. The number of guanidine groups is 1. The summed E-state index contributed by atoms with van der Waals surface area (Å²) >= 11 is 0. The van der Waals surface area contributed by atoms with Crippen molar-refractivity contribution in [2.24, 2.45) is 10.7 Å². The number of likely N-dealkylation sites (N-methyl/N-ethyl adjacent to an activating group) is 1. The van der Waals surface area contributed by atoms with Crippen LogP contribution in [0, 0.1) is 0 Å². The van der Waals surface area contributed by atoms with E-state index < -0.39 is 30.7 Å². The molecule has 0 saturated heterocycles. The Bertz CT molecular complexity index is 976. The molecule has 2 aromatic carbocycles. The van der Waals surface area contributed by atoms with Crippen LogP contribution in [0.5, 0.6) is 5.75 Å². The molecule has 0 saturated carbocycles. The fourth-order valence-corrected chi connectivity index (χ4v) is 3.51. The summed E-state index contributed by atoms with van der Waals surface area (Å²) in [6.45, 7) is -3.00. The fraction of sp³-hybridized carbons (Fsp3) is 0.333. The van der Waals surface area contributed by atoms with Gasteiger partial charge in [0.25, 0.3) is 5.91 Å². The third kappa shape index (κ3) is 4.78. The van der Waals surface area contributed by atoms with Crippen molar-refractivity contribution in [1.82, 2.24) is 4.90 Å². The van der Waals surface area contributed by atoms with Gasteiger partial charge in [0.1, 0.15) is 5.75 Å². The molecule has 0 aromatic heterocycles. The Balaban J connectivity index is 2.00. The Labute approximate surface area is 175 Å². The molecule has 3 rings (SSSR count). The Hall–Kier alpha value is -3.17. The molecule has 1 heterocycles. The van der Waals surface area contributed by atoms with Crippen molar-refractivity contribution >= 4 is 11.9 Å². The Morgan fingerprint density at radius 2 is 1.81 bits per heavy atom. The third-order valence-corrected chi connectivity index (χ3v) is 5.01. The smallest absolute Gasteiger partial charge is 0.389 e. The summed E-state index contributed by atoms with van der Waals surface area (Å²) < 4.78 is 66.7. The zero-order valence-corrected chi connectivity index (χ0v) is 16.5. The standard InChI is InChI=1S/C21H20F5N3O2/c1-29-17(30)21(28-19(29)27,14-7-9-16(10-8-14)31-18(22)23)15-6-2-4-13(12-15)5-3-11-20(24,25)26/h2,4,6-10,12,18H,3,5,11H2,1H3,(H2,27,28)/t21-/m1/s1. The first-order valence-electron chi connectivity index (χ1n) is 9.38. The second kappa shape index (κ2) is 8.52. The van der Waals surface area contributed by atoms with Gasteiger partial charge in [0, 0.05) is 13.5 Å². The molecule has 10 heteroatoms. The van der Waals surface area contributed by atoms with Gasteiger partial charge in [-0.1, -0.05) is 36.4 Å². The molecule has 31 heavy (non-hydrogen) atoms. The predicted octanol–water partition coefficient (Wildman–Crippen LogP) is 4.20. The molecule has 0 radical (unpaired) electrons. The van der Waals surface area contributed by atoms with E-state index in [-0.39, 0.29) is 24.6 Å². The van der Waals surface area contributed by atoms with Gasteiger partial charge >= 0.3 is 12.8 Å². The molecule has 2 aromatic rings. The number of aryl methyl sites for hydroxylation is 1. The molecule has 1 amide bonds. The molecule has 166 valence electrons. The average molecular weight is 441 g/mol. The number of aliphatic imine (C=N–C) groups is 1. The summed E-state index contributed by atoms with van der Waals surface area (Å²) in [4.78, 5) is 18.7. The lowest BCUT2D eigenvalue weighted by atomic mass is 9.82. The molecule has 1 aliphatic rings. The summed E-state index contributed by atoms with van der Waals surface area (Å²) in [6, 6.07) is 12.0. The normalized spacial score (nSPS) is 19.1. The molecular formula is C21H20F5N3O2. The minimum absolute atomic E-state index is 0.0413. The van der Waals surface area contributed by atoms with Crippen molar-refractivity contribution in [3.05, 3.63) is 65.2 Å². The van der Waals surface area contributed by atoms with Crippen LogP contribution in [0.4, 0.5) is 22.0 Å². The topological polar surface area (TPSA) is 67.9 Å². The Morgan fingerprint density at radius 1 is 1.13 bits per heavy atom.